The number of hydrogen-bond donors (Lipinski definition) is 2. The molecule has 21 heavy (non-hydrogen) atoms. The molecule has 0 radical (unpaired) electrons. The first-order chi connectivity index (χ1) is 10.1. The van der Waals surface area contributed by atoms with E-state index < -0.39 is 10.0 Å². The van der Waals surface area contributed by atoms with Gasteiger partial charge in [-0.25, -0.2) is 13.1 Å². The van der Waals surface area contributed by atoms with Crippen molar-refractivity contribution in [2.24, 2.45) is 5.73 Å². The summed E-state index contributed by atoms with van der Waals surface area (Å²) in [7, 11) is -3.51. The lowest BCUT2D eigenvalue weighted by atomic mass is 10.4. The minimum absolute atomic E-state index is 0.261. The Hall–Kier alpha value is -1.64. The van der Waals surface area contributed by atoms with Crippen molar-refractivity contribution in [3.05, 3.63) is 36.4 Å². The summed E-state index contributed by atoms with van der Waals surface area (Å²) in [6.07, 6.45) is 6.02. The van der Waals surface area contributed by atoms with Crippen molar-refractivity contribution in [1.82, 2.24) is 19.1 Å². The predicted molar refractivity (Wildman–Crippen MR) is 80.0 cm³/mol. The van der Waals surface area contributed by atoms with E-state index in [1.54, 1.807) is 35.4 Å². The van der Waals surface area contributed by atoms with Crippen molar-refractivity contribution in [2.75, 3.05) is 6.54 Å². The van der Waals surface area contributed by atoms with Crippen LogP contribution in [0.4, 0.5) is 0 Å². The minimum atomic E-state index is -3.51. The zero-order valence-corrected chi connectivity index (χ0v) is 12.9. The maximum atomic E-state index is 12.3. The molecular formula is C13H21N5O2S. The highest BCUT2D eigenvalue weighted by molar-refractivity contribution is 7.89. The Labute approximate surface area is 124 Å². The molecule has 2 aromatic rings. The summed E-state index contributed by atoms with van der Waals surface area (Å²) in [5.74, 6) is 0. The first-order valence-corrected chi connectivity index (χ1v) is 8.41. The van der Waals surface area contributed by atoms with Crippen LogP contribution in [-0.2, 0) is 29.7 Å². The van der Waals surface area contributed by atoms with Crippen LogP contribution in [0.25, 0.3) is 0 Å². The van der Waals surface area contributed by atoms with Gasteiger partial charge in [0, 0.05) is 43.9 Å². The zero-order valence-electron chi connectivity index (χ0n) is 12.1. The zero-order chi connectivity index (χ0) is 15.3. The maximum absolute atomic E-state index is 12.3. The lowest BCUT2D eigenvalue weighted by Gasteiger charge is -2.05. The molecule has 7 nitrogen and oxygen atoms in total. The fraction of sp³-hybridized carbons (Fsp3) is 0.462. The number of nitrogens with one attached hydrogen (secondary N) is 1. The van der Waals surface area contributed by atoms with Crippen LogP contribution in [0.5, 0.6) is 0 Å². The highest BCUT2D eigenvalue weighted by Crippen LogP contribution is 2.14. The van der Waals surface area contributed by atoms with Crippen LogP contribution in [-0.4, -0.2) is 29.3 Å². The quantitative estimate of drug-likeness (QED) is 0.743. The average molecular weight is 311 g/mol. The van der Waals surface area contributed by atoms with Gasteiger partial charge in [0.15, 0.2) is 0 Å². The molecule has 0 amide bonds. The summed E-state index contributed by atoms with van der Waals surface area (Å²) in [4.78, 5) is 0.261. The Balaban J connectivity index is 2.04. The summed E-state index contributed by atoms with van der Waals surface area (Å²) in [6, 6.07) is 3.43. The van der Waals surface area contributed by atoms with E-state index in [1.807, 2.05) is 11.5 Å². The molecule has 0 aliphatic carbocycles. The van der Waals surface area contributed by atoms with Gasteiger partial charge >= 0.3 is 0 Å². The van der Waals surface area contributed by atoms with Crippen LogP contribution in [0.2, 0.25) is 0 Å². The van der Waals surface area contributed by atoms with Gasteiger partial charge in [-0.15, -0.1) is 0 Å². The van der Waals surface area contributed by atoms with E-state index in [0.717, 1.165) is 18.7 Å². The van der Waals surface area contributed by atoms with Crippen molar-refractivity contribution in [3.63, 3.8) is 0 Å². The average Bonchev–Trinajstić information content (AvgIpc) is 3.08. The number of nitrogens with two attached hydrogens (primary N) is 1. The largest absolute Gasteiger partial charge is 0.349 e. The molecular weight excluding hydrogens is 290 g/mol. The molecule has 2 rings (SSSR count). The smallest absolute Gasteiger partial charge is 0.242 e. The van der Waals surface area contributed by atoms with E-state index in [4.69, 9.17) is 5.73 Å². The third-order valence-electron chi connectivity index (χ3n) is 3.14. The molecule has 2 heterocycles. The standard InChI is InChI=1S/C13H21N5O2S/c1-2-6-17-11-13(9-12(17)10-14)21(19,20)16-5-8-18-7-3-4-15-18/h3-4,7,9,11,16H,2,5-6,8,10,14H2,1H3. The lowest BCUT2D eigenvalue weighted by Crippen LogP contribution is -2.27. The van der Waals surface area contributed by atoms with Crippen molar-refractivity contribution < 1.29 is 8.42 Å². The summed E-state index contributed by atoms with van der Waals surface area (Å²) >= 11 is 0. The molecule has 0 bridgehead atoms. The number of rotatable bonds is 8. The van der Waals surface area contributed by atoms with Gasteiger partial charge in [-0.3, -0.25) is 4.68 Å². The van der Waals surface area contributed by atoms with Gasteiger partial charge < -0.3 is 10.3 Å². The summed E-state index contributed by atoms with van der Waals surface area (Å²) in [5.41, 5.74) is 6.48. The van der Waals surface area contributed by atoms with E-state index in [2.05, 4.69) is 9.82 Å². The van der Waals surface area contributed by atoms with E-state index >= 15 is 0 Å². The van der Waals surface area contributed by atoms with Crippen LogP contribution in [0.15, 0.2) is 35.6 Å². The van der Waals surface area contributed by atoms with Gasteiger partial charge in [-0.05, 0) is 18.6 Å². The highest BCUT2D eigenvalue weighted by atomic mass is 32.2. The second kappa shape index (κ2) is 6.88. The van der Waals surface area contributed by atoms with Crippen molar-refractivity contribution in [2.45, 2.75) is 37.9 Å². The van der Waals surface area contributed by atoms with Gasteiger partial charge in [-0.1, -0.05) is 6.92 Å². The van der Waals surface area contributed by atoms with Crippen LogP contribution in [0.3, 0.4) is 0 Å². The second-order valence-electron chi connectivity index (χ2n) is 4.73. The third-order valence-corrected chi connectivity index (χ3v) is 4.57. The first-order valence-electron chi connectivity index (χ1n) is 6.93. The molecule has 0 fully saturated rings. The van der Waals surface area contributed by atoms with Gasteiger partial charge in [-0.2, -0.15) is 5.10 Å². The van der Waals surface area contributed by atoms with Crippen LogP contribution in [0.1, 0.15) is 19.0 Å². The molecule has 0 aliphatic rings. The SMILES string of the molecule is CCCn1cc(S(=O)(=O)NCCn2cccn2)cc1CN. The Kier molecular flexibility index (Phi) is 5.16. The number of sulfonamides is 1. The Morgan fingerprint density at radius 1 is 1.38 bits per heavy atom. The maximum Gasteiger partial charge on any atom is 0.242 e. The summed E-state index contributed by atoms with van der Waals surface area (Å²) in [5, 5.41) is 4.03. The molecule has 0 spiro atoms. The van der Waals surface area contributed by atoms with Gasteiger partial charge in [0.2, 0.25) is 10.0 Å². The van der Waals surface area contributed by atoms with E-state index in [1.165, 1.54) is 0 Å². The van der Waals surface area contributed by atoms with Crippen molar-refractivity contribution in [1.29, 1.82) is 0 Å². The molecule has 0 aliphatic heterocycles. The molecule has 0 atom stereocenters. The third kappa shape index (κ3) is 3.93. The molecule has 0 saturated heterocycles. The predicted octanol–water partition coefficient (Wildman–Crippen LogP) is 0.532. The second-order valence-corrected chi connectivity index (χ2v) is 6.50. The van der Waals surface area contributed by atoms with Gasteiger partial charge in [0.25, 0.3) is 0 Å². The summed E-state index contributed by atoms with van der Waals surface area (Å²) in [6.45, 7) is 3.90. The number of nitrogens with zero attached hydrogens (tertiary/aromatic N) is 3. The molecule has 3 N–H and O–H groups in total. The molecule has 0 aromatic carbocycles. The lowest BCUT2D eigenvalue weighted by molar-refractivity contribution is 0.560. The molecule has 8 heteroatoms. The van der Waals surface area contributed by atoms with Crippen LogP contribution >= 0.6 is 0 Å². The van der Waals surface area contributed by atoms with Gasteiger partial charge in [0.1, 0.15) is 0 Å². The van der Waals surface area contributed by atoms with Crippen LogP contribution in [0, 0.1) is 0 Å². The van der Waals surface area contributed by atoms with E-state index in [-0.39, 0.29) is 4.90 Å². The van der Waals surface area contributed by atoms with E-state index in [9.17, 15) is 8.42 Å². The molecule has 2 aromatic heterocycles. The monoisotopic (exact) mass is 311 g/mol. The minimum Gasteiger partial charge on any atom is -0.349 e. The Morgan fingerprint density at radius 2 is 2.19 bits per heavy atom. The topological polar surface area (TPSA) is 94.9 Å². The normalized spacial score (nSPS) is 11.9. The number of aryl methyl sites for hydroxylation is 1. The fourth-order valence-electron chi connectivity index (χ4n) is 2.10. The van der Waals surface area contributed by atoms with Crippen molar-refractivity contribution in [3.8, 4) is 0 Å². The summed E-state index contributed by atoms with van der Waals surface area (Å²) < 4.78 is 30.6. The van der Waals surface area contributed by atoms with E-state index in [0.29, 0.717) is 19.6 Å². The van der Waals surface area contributed by atoms with Crippen molar-refractivity contribution >= 4 is 10.0 Å². The number of hydrogen-bond acceptors (Lipinski definition) is 4. The fourth-order valence-corrected chi connectivity index (χ4v) is 3.19. The number of aromatic nitrogens is 3. The first kappa shape index (κ1) is 15.7. The van der Waals surface area contributed by atoms with Crippen LogP contribution < -0.4 is 10.5 Å². The highest BCUT2D eigenvalue weighted by Gasteiger charge is 2.17. The molecule has 116 valence electrons. The Morgan fingerprint density at radius 3 is 2.81 bits per heavy atom. The van der Waals surface area contributed by atoms with Gasteiger partial charge in [0.05, 0.1) is 11.4 Å². The molecule has 0 saturated carbocycles. The Bertz CT molecular complexity index is 661. The molecule has 0 unspecified atom stereocenters.